The third kappa shape index (κ3) is 1.56. The predicted octanol–water partition coefficient (Wildman–Crippen LogP) is 2.10. The van der Waals surface area contributed by atoms with Crippen molar-refractivity contribution in [3.63, 3.8) is 0 Å². The number of carboxylic acid groups (broad SMARTS) is 1. The number of Topliss-reactive ketones (excluding diaryl/α,β-unsaturated/α-hetero) is 1. The van der Waals surface area contributed by atoms with Gasteiger partial charge in [0.05, 0.1) is 5.92 Å². The summed E-state index contributed by atoms with van der Waals surface area (Å²) in [5, 5.41) is 9.09. The number of carboxylic acids is 1. The van der Waals surface area contributed by atoms with E-state index in [9.17, 15) is 9.59 Å². The molecule has 1 saturated carbocycles. The molecule has 0 aromatic heterocycles. The number of hydrogen-bond donors (Lipinski definition) is 1. The molecule has 1 aliphatic carbocycles. The third-order valence-electron chi connectivity index (χ3n) is 3.88. The molecular weight excluding hydrogens is 180 g/mol. The molecule has 0 radical (unpaired) electrons. The largest absolute Gasteiger partial charge is 0.481 e. The van der Waals surface area contributed by atoms with Crippen LogP contribution in [0.15, 0.2) is 0 Å². The number of aliphatic carboxylic acids is 1. The maximum absolute atomic E-state index is 11.4. The molecule has 0 saturated heterocycles. The molecule has 14 heavy (non-hydrogen) atoms. The molecule has 0 aromatic carbocycles. The minimum absolute atomic E-state index is 0.108. The van der Waals surface area contributed by atoms with Crippen molar-refractivity contribution >= 4 is 11.8 Å². The van der Waals surface area contributed by atoms with Gasteiger partial charge < -0.3 is 5.11 Å². The van der Waals surface area contributed by atoms with Crippen LogP contribution in [0.4, 0.5) is 0 Å². The van der Waals surface area contributed by atoms with Crippen LogP contribution in [0.25, 0.3) is 0 Å². The van der Waals surface area contributed by atoms with Crippen LogP contribution < -0.4 is 0 Å². The van der Waals surface area contributed by atoms with Crippen LogP contribution in [-0.4, -0.2) is 16.9 Å². The first-order valence-electron chi connectivity index (χ1n) is 5.19. The topological polar surface area (TPSA) is 54.4 Å². The standard InChI is InChI=1S/C11H18O3/c1-4-8(10(13)14)11(3)6-5-9(12)7(11)2/h7-8H,4-6H2,1-3H3,(H,13,14)/t7?,8-,11-/m1/s1. The average molecular weight is 198 g/mol. The van der Waals surface area contributed by atoms with Crippen LogP contribution >= 0.6 is 0 Å². The molecule has 0 amide bonds. The highest BCUT2D eigenvalue weighted by Gasteiger charge is 2.48. The molecule has 1 fully saturated rings. The Morgan fingerprint density at radius 3 is 2.57 bits per heavy atom. The lowest BCUT2D eigenvalue weighted by Gasteiger charge is -2.33. The smallest absolute Gasteiger partial charge is 0.307 e. The Morgan fingerprint density at radius 1 is 1.71 bits per heavy atom. The Kier molecular flexibility index (Phi) is 2.98. The van der Waals surface area contributed by atoms with E-state index in [4.69, 9.17) is 5.11 Å². The average Bonchev–Trinajstić information content (AvgIpc) is 2.35. The minimum atomic E-state index is -0.767. The molecule has 1 rings (SSSR count). The first-order chi connectivity index (χ1) is 6.43. The summed E-state index contributed by atoms with van der Waals surface area (Å²) in [6.07, 6.45) is 1.86. The summed E-state index contributed by atoms with van der Waals surface area (Å²) in [5.41, 5.74) is -0.336. The van der Waals surface area contributed by atoms with E-state index >= 15 is 0 Å². The van der Waals surface area contributed by atoms with Gasteiger partial charge in [-0.2, -0.15) is 0 Å². The van der Waals surface area contributed by atoms with E-state index in [1.54, 1.807) is 0 Å². The molecule has 0 aliphatic heterocycles. The Bertz CT molecular complexity index is 259. The molecule has 3 atom stereocenters. The molecule has 0 spiro atoms. The highest BCUT2D eigenvalue weighted by molar-refractivity contribution is 5.85. The summed E-state index contributed by atoms with van der Waals surface area (Å²) < 4.78 is 0. The van der Waals surface area contributed by atoms with Gasteiger partial charge in [0.15, 0.2) is 0 Å². The molecule has 3 heteroatoms. The zero-order valence-corrected chi connectivity index (χ0v) is 9.04. The van der Waals surface area contributed by atoms with Gasteiger partial charge in [-0.3, -0.25) is 9.59 Å². The Morgan fingerprint density at radius 2 is 2.29 bits per heavy atom. The van der Waals surface area contributed by atoms with Gasteiger partial charge in [-0.1, -0.05) is 20.8 Å². The van der Waals surface area contributed by atoms with Crippen molar-refractivity contribution < 1.29 is 14.7 Å². The molecule has 0 aromatic rings. The zero-order valence-electron chi connectivity index (χ0n) is 9.04. The van der Waals surface area contributed by atoms with E-state index in [2.05, 4.69) is 0 Å². The summed E-state index contributed by atoms with van der Waals surface area (Å²) in [4.78, 5) is 22.5. The second kappa shape index (κ2) is 3.71. The summed E-state index contributed by atoms with van der Waals surface area (Å²) in [6, 6.07) is 0. The van der Waals surface area contributed by atoms with Crippen LogP contribution in [0.1, 0.15) is 40.0 Å². The van der Waals surface area contributed by atoms with E-state index in [1.807, 2.05) is 20.8 Å². The molecule has 80 valence electrons. The van der Waals surface area contributed by atoms with Crippen molar-refractivity contribution in [3.8, 4) is 0 Å². The van der Waals surface area contributed by atoms with Crippen molar-refractivity contribution in [2.45, 2.75) is 40.0 Å². The first-order valence-corrected chi connectivity index (χ1v) is 5.19. The van der Waals surface area contributed by atoms with Gasteiger partial charge in [0, 0.05) is 12.3 Å². The highest BCUT2D eigenvalue weighted by atomic mass is 16.4. The molecule has 0 heterocycles. The van der Waals surface area contributed by atoms with Gasteiger partial charge in [0.2, 0.25) is 0 Å². The lowest BCUT2D eigenvalue weighted by atomic mass is 9.69. The molecular formula is C11H18O3. The van der Waals surface area contributed by atoms with Crippen LogP contribution in [0.3, 0.4) is 0 Å². The fraction of sp³-hybridized carbons (Fsp3) is 0.818. The van der Waals surface area contributed by atoms with Crippen molar-refractivity contribution in [3.05, 3.63) is 0 Å². The number of carbonyl (C=O) groups is 2. The van der Waals surface area contributed by atoms with E-state index < -0.39 is 5.97 Å². The number of hydrogen-bond acceptors (Lipinski definition) is 2. The van der Waals surface area contributed by atoms with Gasteiger partial charge in [-0.25, -0.2) is 0 Å². The number of carbonyl (C=O) groups excluding carboxylic acids is 1. The quantitative estimate of drug-likeness (QED) is 0.755. The van der Waals surface area contributed by atoms with Crippen molar-refractivity contribution in [1.82, 2.24) is 0 Å². The summed E-state index contributed by atoms with van der Waals surface area (Å²) >= 11 is 0. The molecule has 1 aliphatic rings. The van der Waals surface area contributed by atoms with Crippen molar-refractivity contribution in [2.75, 3.05) is 0 Å². The summed E-state index contributed by atoms with van der Waals surface area (Å²) in [5.74, 6) is -1.05. The van der Waals surface area contributed by atoms with Crippen molar-refractivity contribution in [2.24, 2.45) is 17.3 Å². The van der Waals surface area contributed by atoms with Crippen LogP contribution in [0.5, 0.6) is 0 Å². The maximum atomic E-state index is 11.4. The predicted molar refractivity (Wildman–Crippen MR) is 52.9 cm³/mol. The molecule has 0 bridgehead atoms. The van der Waals surface area contributed by atoms with Gasteiger partial charge in [-0.15, -0.1) is 0 Å². The van der Waals surface area contributed by atoms with Crippen molar-refractivity contribution in [1.29, 1.82) is 0 Å². The van der Waals surface area contributed by atoms with E-state index in [1.165, 1.54) is 0 Å². The fourth-order valence-electron chi connectivity index (χ4n) is 2.59. The number of rotatable bonds is 3. The lowest BCUT2D eigenvalue weighted by molar-refractivity contribution is -0.147. The van der Waals surface area contributed by atoms with Gasteiger partial charge >= 0.3 is 5.97 Å². The third-order valence-corrected chi connectivity index (χ3v) is 3.88. The normalized spacial score (nSPS) is 34.5. The Hall–Kier alpha value is -0.860. The van der Waals surface area contributed by atoms with Gasteiger partial charge in [-0.05, 0) is 18.3 Å². The Balaban J connectivity index is 2.93. The SMILES string of the molecule is CC[C@H](C(=O)O)[C@]1(C)CCC(=O)C1C. The minimum Gasteiger partial charge on any atom is -0.481 e. The Labute approximate surface area is 84.5 Å². The molecule has 1 N–H and O–H groups in total. The summed E-state index contributed by atoms with van der Waals surface area (Å²) in [7, 11) is 0. The first kappa shape index (κ1) is 11.2. The van der Waals surface area contributed by atoms with Crippen LogP contribution in [-0.2, 0) is 9.59 Å². The molecule has 3 nitrogen and oxygen atoms in total. The van der Waals surface area contributed by atoms with Crippen LogP contribution in [0, 0.1) is 17.3 Å². The fourth-order valence-corrected chi connectivity index (χ4v) is 2.59. The van der Waals surface area contributed by atoms with Crippen LogP contribution in [0.2, 0.25) is 0 Å². The van der Waals surface area contributed by atoms with E-state index in [-0.39, 0.29) is 23.0 Å². The molecule has 1 unspecified atom stereocenters. The van der Waals surface area contributed by atoms with Gasteiger partial charge in [0.25, 0.3) is 0 Å². The lowest BCUT2D eigenvalue weighted by Crippen LogP contribution is -2.36. The summed E-state index contributed by atoms with van der Waals surface area (Å²) in [6.45, 7) is 5.67. The number of ketones is 1. The highest BCUT2D eigenvalue weighted by Crippen LogP contribution is 2.47. The maximum Gasteiger partial charge on any atom is 0.307 e. The van der Waals surface area contributed by atoms with E-state index in [0.29, 0.717) is 12.8 Å². The second-order valence-electron chi connectivity index (χ2n) is 4.49. The van der Waals surface area contributed by atoms with E-state index in [0.717, 1.165) is 6.42 Å². The zero-order chi connectivity index (χ0) is 10.9. The second-order valence-corrected chi connectivity index (χ2v) is 4.49. The monoisotopic (exact) mass is 198 g/mol. The van der Waals surface area contributed by atoms with Gasteiger partial charge in [0.1, 0.15) is 5.78 Å².